The Hall–Kier alpha value is -5.24. The summed E-state index contributed by atoms with van der Waals surface area (Å²) in [7, 11) is 6.90. The number of carboxylic acid groups (broad SMARTS) is 2. The summed E-state index contributed by atoms with van der Waals surface area (Å²) >= 11 is 0. The summed E-state index contributed by atoms with van der Waals surface area (Å²) in [5.41, 5.74) is 3.08. The van der Waals surface area contributed by atoms with Gasteiger partial charge in [0.25, 0.3) is 0 Å². The Labute approximate surface area is 268 Å². The van der Waals surface area contributed by atoms with Crippen molar-refractivity contribution in [1.82, 2.24) is 9.80 Å². The number of benzene rings is 4. The Morgan fingerprint density at radius 2 is 0.674 bits per heavy atom. The highest BCUT2D eigenvalue weighted by atomic mass is 16.4. The SMILES string of the molecule is CC(=O)N(C)C.CC(=O)N(C)C.O=C(O)C12c3ccccc3C(c3ccccc31)C1(C(=O)O)c3ccccc3C2c2ccccc21. The molecule has 0 saturated carbocycles. The van der Waals surface area contributed by atoms with E-state index in [9.17, 15) is 29.4 Å². The van der Waals surface area contributed by atoms with Gasteiger partial charge in [0.05, 0.1) is 0 Å². The van der Waals surface area contributed by atoms with Crippen LogP contribution >= 0.6 is 0 Å². The number of hydrogen-bond donors (Lipinski definition) is 2. The molecule has 8 heteroatoms. The first-order valence-electron chi connectivity index (χ1n) is 15.0. The molecule has 2 N–H and O–H groups in total. The molecule has 4 aromatic carbocycles. The molecule has 0 aliphatic heterocycles. The van der Waals surface area contributed by atoms with E-state index in [1.54, 1.807) is 28.2 Å². The third-order valence-electron chi connectivity index (χ3n) is 9.59. The van der Waals surface area contributed by atoms with E-state index in [4.69, 9.17) is 0 Å². The molecule has 0 fully saturated rings. The molecule has 6 aliphatic carbocycles. The van der Waals surface area contributed by atoms with Crippen molar-refractivity contribution in [1.29, 1.82) is 0 Å². The van der Waals surface area contributed by atoms with Crippen molar-refractivity contribution in [2.45, 2.75) is 36.5 Å². The highest BCUT2D eigenvalue weighted by molar-refractivity contribution is 5.99. The van der Waals surface area contributed by atoms with Gasteiger partial charge in [0.15, 0.2) is 0 Å². The largest absolute Gasteiger partial charge is 0.480 e. The van der Waals surface area contributed by atoms with Crippen LogP contribution in [0.3, 0.4) is 0 Å². The fourth-order valence-corrected chi connectivity index (χ4v) is 7.32. The number of carbonyl (C=O) groups excluding carboxylic acids is 2. The van der Waals surface area contributed by atoms with Crippen LogP contribution in [0.2, 0.25) is 0 Å². The predicted octanol–water partition coefficient (Wildman–Crippen LogP) is 5.22. The first-order valence-corrected chi connectivity index (χ1v) is 15.0. The lowest BCUT2D eigenvalue weighted by Crippen LogP contribution is -2.58. The Balaban J connectivity index is 0.000000299. The zero-order valence-corrected chi connectivity index (χ0v) is 26.8. The summed E-state index contributed by atoms with van der Waals surface area (Å²) in [6.07, 6.45) is 0. The van der Waals surface area contributed by atoms with Crippen LogP contribution in [0, 0.1) is 0 Å². The maximum Gasteiger partial charge on any atom is 0.319 e. The van der Waals surface area contributed by atoms with Crippen LogP contribution in [0.4, 0.5) is 0 Å². The van der Waals surface area contributed by atoms with Gasteiger partial charge >= 0.3 is 11.9 Å². The maximum absolute atomic E-state index is 13.6. The molecular formula is C38H38N2O6. The molecule has 4 aromatic rings. The Kier molecular flexibility index (Phi) is 8.34. The quantitative estimate of drug-likeness (QED) is 0.318. The van der Waals surface area contributed by atoms with E-state index >= 15 is 0 Å². The third kappa shape index (κ3) is 4.50. The third-order valence-corrected chi connectivity index (χ3v) is 9.59. The van der Waals surface area contributed by atoms with Crippen molar-refractivity contribution in [3.63, 3.8) is 0 Å². The van der Waals surface area contributed by atoms with Gasteiger partial charge in [-0.25, -0.2) is 0 Å². The van der Waals surface area contributed by atoms with E-state index in [0.29, 0.717) is 22.3 Å². The lowest BCUT2D eigenvalue weighted by atomic mass is 9.42. The van der Waals surface area contributed by atoms with Gasteiger partial charge in [0, 0.05) is 53.9 Å². The number of hydrogen-bond acceptors (Lipinski definition) is 4. The highest BCUT2D eigenvalue weighted by Crippen LogP contribution is 2.68. The summed E-state index contributed by atoms with van der Waals surface area (Å²) in [5.74, 6) is -2.82. The van der Waals surface area contributed by atoms with Gasteiger partial charge < -0.3 is 20.0 Å². The van der Waals surface area contributed by atoms with Gasteiger partial charge in [-0.1, -0.05) is 97.1 Å². The first-order chi connectivity index (χ1) is 21.8. The van der Waals surface area contributed by atoms with Crippen LogP contribution in [0.15, 0.2) is 97.1 Å². The molecule has 0 unspecified atom stereocenters. The van der Waals surface area contributed by atoms with Crippen LogP contribution < -0.4 is 0 Å². The molecule has 10 rings (SSSR count). The topological polar surface area (TPSA) is 115 Å². The second-order valence-corrected chi connectivity index (χ2v) is 12.3. The number of carbonyl (C=O) groups is 4. The molecule has 6 aliphatic rings. The Morgan fingerprint density at radius 1 is 0.478 bits per heavy atom. The highest BCUT2D eigenvalue weighted by Gasteiger charge is 2.67. The molecule has 0 heterocycles. The number of rotatable bonds is 2. The molecule has 0 spiro atoms. The average Bonchev–Trinajstić information content (AvgIpc) is 3.02. The van der Waals surface area contributed by atoms with E-state index in [0.717, 1.165) is 22.3 Å². The van der Waals surface area contributed by atoms with Crippen molar-refractivity contribution in [3.05, 3.63) is 142 Å². The molecule has 0 saturated heterocycles. The predicted molar refractivity (Wildman–Crippen MR) is 175 cm³/mol. The number of aliphatic carboxylic acids is 2. The van der Waals surface area contributed by atoms with Gasteiger partial charge in [-0.2, -0.15) is 0 Å². The molecule has 0 aromatic heterocycles. The van der Waals surface area contributed by atoms with Gasteiger partial charge in [0.2, 0.25) is 11.8 Å². The van der Waals surface area contributed by atoms with Crippen molar-refractivity contribution < 1.29 is 29.4 Å². The van der Waals surface area contributed by atoms with Gasteiger partial charge in [-0.3, -0.25) is 19.2 Å². The van der Waals surface area contributed by atoms with Crippen LogP contribution in [-0.2, 0) is 30.0 Å². The summed E-state index contributed by atoms with van der Waals surface area (Å²) in [5, 5.41) is 22.3. The van der Waals surface area contributed by atoms with E-state index < -0.39 is 34.6 Å². The van der Waals surface area contributed by atoms with E-state index in [-0.39, 0.29) is 11.8 Å². The number of nitrogens with zero attached hydrogens (tertiary/aromatic N) is 2. The Bertz CT molecular complexity index is 1630. The van der Waals surface area contributed by atoms with Crippen LogP contribution in [0.25, 0.3) is 0 Å². The summed E-state index contributed by atoms with van der Waals surface area (Å²) in [4.78, 5) is 50.4. The molecular weight excluding hydrogens is 580 g/mol. The van der Waals surface area contributed by atoms with Crippen LogP contribution in [0.5, 0.6) is 0 Å². The minimum Gasteiger partial charge on any atom is -0.480 e. The monoisotopic (exact) mass is 618 g/mol. The van der Waals surface area contributed by atoms with Crippen molar-refractivity contribution in [2.75, 3.05) is 28.2 Å². The number of amides is 2. The average molecular weight is 619 g/mol. The lowest BCUT2D eigenvalue weighted by Gasteiger charge is -2.57. The fraction of sp³-hybridized carbons (Fsp3) is 0.263. The zero-order valence-electron chi connectivity index (χ0n) is 26.8. The Morgan fingerprint density at radius 3 is 0.848 bits per heavy atom. The number of carboxylic acids is 2. The first kappa shape index (κ1) is 32.2. The van der Waals surface area contributed by atoms with E-state index in [1.165, 1.54) is 23.6 Å². The second kappa shape index (κ2) is 11.9. The molecule has 0 radical (unpaired) electrons. The minimum absolute atomic E-state index is 0.0926. The maximum atomic E-state index is 13.6. The second-order valence-electron chi connectivity index (χ2n) is 12.3. The van der Waals surface area contributed by atoms with E-state index in [1.807, 2.05) is 97.1 Å². The van der Waals surface area contributed by atoms with Crippen molar-refractivity contribution >= 4 is 23.8 Å². The molecule has 46 heavy (non-hydrogen) atoms. The molecule has 8 nitrogen and oxygen atoms in total. The van der Waals surface area contributed by atoms with E-state index in [2.05, 4.69) is 0 Å². The van der Waals surface area contributed by atoms with Crippen molar-refractivity contribution in [3.8, 4) is 0 Å². The molecule has 0 atom stereocenters. The summed E-state index contributed by atoms with van der Waals surface area (Å²) < 4.78 is 0. The summed E-state index contributed by atoms with van der Waals surface area (Å²) in [6.45, 7) is 3.06. The fourth-order valence-electron chi connectivity index (χ4n) is 7.32. The normalized spacial score (nSPS) is 22.0. The minimum atomic E-state index is -1.39. The molecule has 4 bridgehead atoms. The smallest absolute Gasteiger partial charge is 0.319 e. The standard InChI is InChI=1S/C30H20O4.2C4H9NO/c31-27(32)29-21-13-5-1-9-17(21)25(18-10-2-6-14-22(18)29)30(28(33)34)23-15-7-3-11-19(23)26(29)20-12-4-8-16-24(20)30;2*1-4(6)5(2)3/h1-16,25-26H,(H,31,32)(H,33,34);2*1-3H3. The van der Waals surface area contributed by atoms with Gasteiger partial charge in [0.1, 0.15) is 10.8 Å². The van der Waals surface area contributed by atoms with Gasteiger partial charge in [-0.15, -0.1) is 0 Å². The van der Waals surface area contributed by atoms with Crippen LogP contribution in [-0.4, -0.2) is 72.0 Å². The van der Waals surface area contributed by atoms with Crippen molar-refractivity contribution in [2.24, 2.45) is 0 Å². The lowest BCUT2D eigenvalue weighted by molar-refractivity contribution is -0.144. The molecule has 2 amide bonds. The zero-order chi connectivity index (χ0) is 33.6. The van der Waals surface area contributed by atoms with Gasteiger partial charge in [-0.05, 0) is 44.5 Å². The molecule has 236 valence electrons. The van der Waals surface area contributed by atoms with Crippen LogP contribution in [0.1, 0.15) is 70.2 Å². The summed E-state index contributed by atoms with van der Waals surface area (Å²) in [6, 6.07) is 30.2.